The molecule has 0 radical (unpaired) electrons. The van der Waals surface area contributed by atoms with Gasteiger partial charge in [-0.25, -0.2) is 22.4 Å². The third kappa shape index (κ3) is 4.68. The summed E-state index contributed by atoms with van der Waals surface area (Å²) in [5.74, 6) is -6.06. The van der Waals surface area contributed by atoms with Crippen LogP contribution in [0.15, 0.2) is 70.0 Å². The van der Waals surface area contributed by atoms with Crippen molar-refractivity contribution in [2.75, 3.05) is 0 Å². The molecule has 4 aromatic rings. The lowest BCUT2D eigenvalue weighted by Crippen LogP contribution is -2.35. The van der Waals surface area contributed by atoms with E-state index in [4.69, 9.17) is 4.42 Å². The zero-order valence-corrected chi connectivity index (χ0v) is 17.8. The Kier molecular flexibility index (Phi) is 6.45. The van der Waals surface area contributed by atoms with Crippen molar-refractivity contribution in [1.29, 1.82) is 0 Å². The quantitative estimate of drug-likeness (QED) is 0.320. The monoisotopic (exact) mass is 470 g/mol. The highest BCUT2D eigenvalue weighted by molar-refractivity contribution is 5.86. The lowest BCUT2D eigenvalue weighted by molar-refractivity contribution is -0.123. The van der Waals surface area contributed by atoms with Gasteiger partial charge in [0.25, 0.3) is 0 Å². The minimum absolute atomic E-state index is 0.0198. The van der Waals surface area contributed by atoms with Gasteiger partial charge in [0.1, 0.15) is 17.2 Å². The van der Waals surface area contributed by atoms with Crippen LogP contribution < -0.4 is 10.9 Å². The van der Waals surface area contributed by atoms with Crippen LogP contribution in [-0.4, -0.2) is 10.9 Å². The van der Waals surface area contributed by atoms with Crippen molar-refractivity contribution in [3.63, 3.8) is 0 Å². The second-order valence-electron chi connectivity index (χ2n) is 7.76. The van der Waals surface area contributed by atoms with Gasteiger partial charge >= 0.3 is 5.63 Å². The third-order valence-electron chi connectivity index (χ3n) is 5.41. The van der Waals surface area contributed by atoms with Gasteiger partial charge in [-0.15, -0.1) is 0 Å². The molecule has 2 aromatic heterocycles. The summed E-state index contributed by atoms with van der Waals surface area (Å²) in [6.07, 6.45) is 0.837. The predicted molar refractivity (Wildman–Crippen MR) is 116 cm³/mol. The van der Waals surface area contributed by atoms with Crippen LogP contribution in [0.25, 0.3) is 11.0 Å². The molecule has 0 saturated carbocycles. The second kappa shape index (κ2) is 9.46. The summed E-state index contributed by atoms with van der Waals surface area (Å²) < 4.78 is 60.7. The first-order valence-corrected chi connectivity index (χ1v) is 10.3. The van der Waals surface area contributed by atoms with E-state index in [2.05, 4.69) is 10.3 Å². The largest absolute Gasteiger partial charge is 0.422 e. The average Bonchev–Trinajstić information content (AvgIpc) is 2.80. The van der Waals surface area contributed by atoms with E-state index in [0.29, 0.717) is 11.6 Å². The first kappa shape index (κ1) is 23.2. The van der Waals surface area contributed by atoms with Gasteiger partial charge in [0.05, 0.1) is 34.8 Å². The maximum absolute atomic E-state index is 14.4. The van der Waals surface area contributed by atoms with Crippen molar-refractivity contribution in [3.8, 4) is 0 Å². The maximum atomic E-state index is 14.4. The minimum Gasteiger partial charge on any atom is -0.422 e. The molecule has 2 atom stereocenters. The number of fused-ring (bicyclic) bond motifs is 1. The molecule has 1 N–H and O–H groups in total. The number of aromatic nitrogens is 1. The molecule has 0 spiro atoms. The highest BCUT2D eigenvalue weighted by Gasteiger charge is 2.28. The van der Waals surface area contributed by atoms with Crippen molar-refractivity contribution < 1.29 is 26.8 Å². The SMILES string of the molecule is C[C@@H](NC(=O)[C@@H](Cc1ccccc1)c1cc2c(F)c(F)ccc2oc1=O)c1ncc(F)cc1F. The normalized spacial score (nSPS) is 13.0. The number of nitrogens with zero attached hydrogens (tertiary/aromatic N) is 1. The Bertz CT molecular complexity index is 1420. The Balaban J connectivity index is 1.75. The zero-order chi connectivity index (χ0) is 24.4. The van der Waals surface area contributed by atoms with Crippen LogP contribution in [0.5, 0.6) is 0 Å². The number of carbonyl (C=O) groups is 1. The van der Waals surface area contributed by atoms with Gasteiger partial charge in [-0.3, -0.25) is 9.78 Å². The number of hydrogen-bond donors (Lipinski definition) is 1. The fourth-order valence-electron chi connectivity index (χ4n) is 3.71. The van der Waals surface area contributed by atoms with Crippen LogP contribution in [0.3, 0.4) is 0 Å². The number of benzene rings is 2. The lowest BCUT2D eigenvalue weighted by Gasteiger charge is -2.20. The number of rotatable bonds is 6. The molecule has 9 heteroatoms. The summed E-state index contributed by atoms with van der Waals surface area (Å²) in [6.45, 7) is 1.44. The Morgan fingerprint density at radius 3 is 2.47 bits per heavy atom. The fourth-order valence-corrected chi connectivity index (χ4v) is 3.71. The van der Waals surface area contributed by atoms with E-state index in [1.807, 2.05) is 0 Å². The Hall–Kier alpha value is -4.01. The third-order valence-corrected chi connectivity index (χ3v) is 5.41. The molecular formula is C25H18F4N2O3. The molecule has 2 aromatic carbocycles. The highest BCUT2D eigenvalue weighted by atomic mass is 19.2. The van der Waals surface area contributed by atoms with E-state index in [9.17, 15) is 27.2 Å². The van der Waals surface area contributed by atoms with Gasteiger partial charge in [-0.2, -0.15) is 0 Å². The van der Waals surface area contributed by atoms with Gasteiger partial charge in [-0.05, 0) is 37.1 Å². The van der Waals surface area contributed by atoms with Crippen molar-refractivity contribution in [2.24, 2.45) is 0 Å². The first-order valence-electron chi connectivity index (χ1n) is 10.3. The molecular weight excluding hydrogens is 452 g/mol. The Morgan fingerprint density at radius 2 is 1.76 bits per heavy atom. The summed E-state index contributed by atoms with van der Waals surface area (Å²) in [5, 5.41) is 2.27. The molecule has 0 saturated heterocycles. The minimum atomic E-state index is -1.22. The first-order chi connectivity index (χ1) is 16.2. The van der Waals surface area contributed by atoms with E-state index < -0.39 is 46.8 Å². The number of halogens is 4. The van der Waals surface area contributed by atoms with Crippen LogP contribution in [0.4, 0.5) is 17.6 Å². The van der Waals surface area contributed by atoms with Crippen LogP contribution >= 0.6 is 0 Å². The molecule has 0 fully saturated rings. The molecule has 34 heavy (non-hydrogen) atoms. The number of pyridine rings is 1. The molecule has 0 aliphatic carbocycles. The molecule has 174 valence electrons. The average molecular weight is 470 g/mol. The second-order valence-corrected chi connectivity index (χ2v) is 7.76. The Morgan fingerprint density at radius 1 is 1.03 bits per heavy atom. The molecule has 0 unspecified atom stereocenters. The summed E-state index contributed by atoms with van der Waals surface area (Å²) in [5.41, 5.74) is -0.781. The molecule has 5 nitrogen and oxygen atoms in total. The highest BCUT2D eigenvalue weighted by Crippen LogP contribution is 2.26. The maximum Gasteiger partial charge on any atom is 0.340 e. The van der Waals surface area contributed by atoms with Crippen molar-refractivity contribution in [3.05, 3.63) is 111 Å². The zero-order valence-electron chi connectivity index (χ0n) is 17.8. The smallest absolute Gasteiger partial charge is 0.340 e. The van der Waals surface area contributed by atoms with Gasteiger partial charge in [0, 0.05) is 6.07 Å². The van der Waals surface area contributed by atoms with Crippen LogP contribution in [0.1, 0.15) is 35.7 Å². The van der Waals surface area contributed by atoms with Crippen molar-refractivity contribution >= 4 is 16.9 Å². The van der Waals surface area contributed by atoms with Gasteiger partial charge in [-0.1, -0.05) is 30.3 Å². The molecule has 0 aliphatic heterocycles. The standard InChI is InChI=1S/C25H18F4N2O3/c1-13(23-20(28)10-15(26)12-30-23)31-24(32)16(9-14-5-3-2-4-6-14)17-11-18-21(34-25(17)33)8-7-19(27)22(18)29/h2-8,10-13,16H,9H2,1H3,(H,31,32)/t13-,16+/m1/s1. The summed E-state index contributed by atoms with van der Waals surface area (Å²) in [7, 11) is 0. The summed E-state index contributed by atoms with van der Waals surface area (Å²) in [4.78, 5) is 29.7. The summed E-state index contributed by atoms with van der Waals surface area (Å²) >= 11 is 0. The number of carbonyl (C=O) groups excluding carboxylic acids is 1. The fraction of sp³-hybridized carbons (Fsp3) is 0.160. The molecule has 1 amide bonds. The van der Waals surface area contributed by atoms with Crippen LogP contribution in [0, 0.1) is 23.3 Å². The number of nitrogens with one attached hydrogen (secondary N) is 1. The lowest BCUT2D eigenvalue weighted by atomic mass is 9.91. The van der Waals surface area contributed by atoms with E-state index in [1.54, 1.807) is 30.3 Å². The Labute approximate surface area is 191 Å². The van der Waals surface area contributed by atoms with Crippen molar-refractivity contribution in [2.45, 2.75) is 25.3 Å². The molecule has 4 rings (SSSR count). The molecule has 0 aliphatic rings. The van der Waals surface area contributed by atoms with Crippen LogP contribution in [0.2, 0.25) is 0 Å². The van der Waals surface area contributed by atoms with Crippen LogP contribution in [-0.2, 0) is 11.2 Å². The topological polar surface area (TPSA) is 72.2 Å². The number of amides is 1. The van der Waals surface area contributed by atoms with E-state index in [1.165, 1.54) is 6.92 Å². The predicted octanol–water partition coefficient (Wildman–Crippen LogP) is 4.95. The van der Waals surface area contributed by atoms with E-state index >= 15 is 0 Å². The van der Waals surface area contributed by atoms with E-state index in [0.717, 1.165) is 24.4 Å². The van der Waals surface area contributed by atoms with Gasteiger partial charge in [0.15, 0.2) is 11.6 Å². The summed E-state index contributed by atoms with van der Waals surface area (Å²) in [6, 6.07) is 11.4. The molecule has 0 bridgehead atoms. The van der Waals surface area contributed by atoms with Crippen molar-refractivity contribution in [1.82, 2.24) is 10.3 Å². The van der Waals surface area contributed by atoms with Gasteiger partial charge in [0.2, 0.25) is 5.91 Å². The van der Waals surface area contributed by atoms with Gasteiger partial charge < -0.3 is 9.73 Å². The molecule has 2 heterocycles. The number of hydrogen-bond acceptors (Lipinski definition) is 4. The van der Waals surface area contributed by atoms with E-state index in [-0.39, 0.29) is 28.6 Å².